The summed E-state index contributed by atoms with van der Waals surface area (Å²) in [4.78, 5) is 12.4. The second kappa shape index (κ2) is 9.22. The third-order valence-electron chi connectivity index (χ3n) is 4.75. The first kappa shape index (κ1) is 19.7. The lowest BCUT2D eigenvalue weighted by Crippen LogP contribution is -2.13. The molecule has 0 aliphatic heterocycles. The number of aryl methyl sites for hydroxylation is 1. The van der Waals surface area contributed by atoms with Gasteiger partial charge in [0.15, 0.2) is 0 Å². The average Bonchev–Trinajstić information content (AvgIpc) is 2.70. The molecule has 5 nitrogen and oxygen atoms in total. The molecule has 0 unspecified atom stereocenters. The summed E-state index contributed by atoms with van der Waals surface area (Å²) in [6.45, 7) is 3.94. The first-order chi connectivity index (χ1) is 13.6. The lowest BCUT2D eigenvalue weighted by atomic mass is 10.0. The fourth-order valence-electron chi connectivity index (χ4n) is 3.12. The van der Waals surface area contributed by atoms with Gasteiger partial charge in [-0.1, -0.05) is 44.4 Å². The molecular formula is C23H26N2O3. The number of phenolic OH excluding ortho intramolecular Hbond substituents is 1. The largest absolute Gasteiger partial charge is 0.508 e. The Morgan fingerprint density at radius 2 is 1.89 bits per heavy atom. The zero-order valence-corrected chi connectivity index (χ0v) is 16.4. The van der Waals surface area contributed by atoms with E-state index in [1.54, 1.807) is 13.0 Å². The number of aromatic hydroxyl groups is 1. The van der Waals surface area contributed by atoms with E-state index in [1.165, 1.54) is 18.9 Å². The van der Waals surface area contributed by atoms with Crippen LogP contribution in [-0.4, -0.2) is 10.8 Å². The lowest BCUT2D eigenvalue weighted by Gasteiger charge is -2.08. The number of unbranched alkanes of at least 4 members (excludes halogenated alkanes) is 3. The van der Waals surface area contributed by atoms with E-state index >= 15 is 0 Å². The predicted molar refractivity (Wildman–Crippen MR) is 114 cm³/mol. The van der Waals surface area contributed by atoms with Gasteiger partial charge in [-0.05, 0) is 49.6 Å². The molecule has 0 fully saturated rings. The van der Waals surface area contributed by atoms with Crippen molar-refractivity contribution in [2.45, 2.75) is 46.0 Å². The zero-order valence-electron chi connectivity index (χ0n) is 16.4. The molecular weight excluding hydrogens is 352 g/mol. The minimum atomic E-state index is -0.473. The number of nitrogens with one attached hydrogen (secondary N) is 1. The Kier molecular flexibility index (Phi) is 6.48. The molecule has 0 saturated carbocycles. The average molecular weight is 378 g/mol. The Bertz CT molecular complexity index is 1020. The number of nitrogens with zero attached hydrogens (tertiary/aromatic N) is 1. The van der Waals surface area contributed by atoms with Crippen LogP contribution in [-0.2, 0) is 6.42 Å². The molecule has 1 aromatic heterocycles. The van der Waals surface area contributed by atoms with Crippen LogP contribution >= 0.6 is 0 Å². The number of hydrazone groups is 1. The van der Waals surface area contributed by atoms with E-state index in [1.807, 2.05) is 36.4 Å². The summed E-state index contributed by atoms with van der Waals surface area (Å²) in [7, 11) is 0. The Morgan fingerprint density at radius 3 is 2.64 bits per heavy atom. The van der Waals surface area contributed by atoms with Gasteiger partial charge in [0.1, 0.15) is 11.3 Å². The van der Waals surface area contributed by atoms with E-state index in [0.717, 1.165) is 35.9 Å². The Labute approximate surface area is 164 Å². The monoisotopic (exact) mass is 378 g/mol. The van der Waals surface area contributed by atoms with E-state index in [-0.39, 0.29) is 5.75 Å². The summed E-state index contributed by atoms with van der Waals surface area (Å²) >= 11 is 0. The van der Waals surface area contributed by atoms with E-state index in [0.29, 0.717) is 16.9 Å². The summed E-state index contributed by atoms with van der Waals surface area (Å²) < 4.78 is 5.42. The third-order valence-corrected chi connectivity index (χ3v) is 4.75. The van der Waals surface area contributed by atoms with Gasteiger partial charge in [0.2, 0.25) is 0 Å². The van der Waals surface area contributed by atoms with Crippen molar-refractivity contribution in [2.24, 2.45) is 5.10 Å². The van der Waals surface area contributed by atoms with Gasteiger partial charge >= 0.3 is 5.63 Å². The number of rotatable bonds is 8. The van der Waals surface area contributed by atoms with Crippen LogP contribution in [0.15, 0.2) is 62.8 Å². The zero-order chi connectivity index (χ0) is 19.9. The smallest absolute Gasteiger partial charge is 0.345 e. The highest BCUT2D eigenvalue weighted by atomic mass is 16.4. The van der Waals surface area contributed by atoms with E-state index in [4.69, 9.17) is 4.42 Å². The predicted octanol–water partition coefficient (Wildman–Crippen LogP) is 5.46. The Morgan fingerprint density at radius 1 is 1.11 bits per heavy atom. The van der Waals surface area contributed by atoms with E-state index < -0.39 is 5.63 Å². The van der Waals surface area contributed by atoms with Gasteiger partial charge in [0, 0.05) is 11.5 Å². The van der Waals surface area contributed by atoms with E-state index in [2.05, 4.69) is 17.5 Å². The fourth-order valence-corrected chi connectivity index (χ4v) is 3.12. The summed E-state index contributed by atoms with van der Waals surface area (Å²) in [6.07, 6.45) is 5.34. The minimum absolute atomic E-state index is 0.177. The van der Waals surface area contributed by atoms with Crippen LogP contribution in [0.25, 0.3) is 11.0 Å². The highest BCUT2D eigenvalue weighted by Crippen LogP contribution is 2.26. The van der Waals surface area contributed by atoms with Crippen LogP contribution in [0.5, 0.6) is 5.75 Å². The van der Waals surface area contributed by atoms with Crippen molar-refractivity contribution in [3.05, 3.63) is 70.1 Å². The number of fused-ring (bicyclic) bond motifs is 1. The highest BCUT2D eigenvalue weighted by Gasteiger charge is 2.12. The Hall–Kier alpha value is -3.08. The number of hydrogen-bond donors (Lipinski definition) is 2. The maximum absolute atomic E-state index is 12.4. The number of para-hydroxylation sites is 1. The van der Waals surface area contributed by atoms with Crippen LogP contribution in [0.1, 0.15) is 50.7 Å². The summed E-state index contributed by atoms with van der Waals surface area (Å²) in [5.41, 5.74) is 5.51. The van der Waals surface area contributed by atoms with Gasteiger partial charge in [-0.3, -0.25) is 5.43 Å². The van der Waals surface area contributed by atoms with Crippen molar-refractivity contribution in [2.75, 3.05) is 5.43 Å². The van der Waals surface area contributed by atoms with Crippen molar-refractivity contribution >= 4 is 22.4 Å². The van der Waals surface area contributed by atoms with Gasteiger partial charge in [-0.25, -0.2) is 4.79 Å². The van der Waals surface area contributed by atoms with Gasteiger partial charge in [0.25, 0.3) is 0 Å². The number of anilines is 1. The molecule has 2 N–H and O–H groups in total. The highest BCUT2D eigenvalue weighted by molar-refractivity contribution is 6.01. The molecule has 0 atom stereocenters. The fraction of sp³-hybridized carbons (Fsp3) is 0.304. The molecule has 3 aromatic rings. The summed E-state index contributed by atoms with van der Waals surface area (Å²) in [6, 6.07) is 14.8. The van der Waals surface area contributed by atoms with Gasteiger partial charge in [-0.15, -0.1) is 0 Å². The van der Waals surface area contributed by atoms with Gasteiger partial charge in [0.05, 0.1) is 17.0 Å². The summed E-state index contributed by atoms with van der Waals surface area (Å²) in [5.74, 6) is 0.177. The third kappa shape index (κ3) is 4.80. The van der Waals surface area contributed by atoms with Crippen molar-refractivity contribution in [1.82, 2.24) is 0 Å². The van der Waals surface area contributed by atoms with Crippen LogP contribution in [0.3, 0.4) is 0 Å². The maximum Gasteiger partial charge on any atom is 0.345 e. The molecule has 3 rings (SSSR count). The summed E-state index contributed by atoms with van der Waals surface area (Å²) in [5, 5.41) is 15.3. The van der Waals surface area contributed by atoms with Crippen LogP contribution in [0.4, 0.5) is 5.69 Å². The normalized spacial score (nSPS) is 11.7. The first-order valence-corrected chi connectivity index (χ1v) is 9.74. The number of hydrogen-bond acceptors (Lipinski definition) is 5. The van der Waals surface area contributed by atoms with Crippen molar-refractivity contribution in [1.29, 1.82) is 0 Å². The van der Waals surface area contributed by atoms with E-state index in [9.17, 15) is 9.90 Å². The van der Waals surface area contributed by atoms with Crippen LogP contribution in [0, 0.1) is 0 Å². The molecule has 5 heteroatoms. The molecule has 146 valence electrons. The molecule has 1 heterocycles. The van der Waals surface area contributed by atoms with Crippen molar-refractivity contribution in [3.8, 4) is 5.75 Å². The molecule has 0 radical (unpaired) electrons. The molecule has 0 saturated heterocycles. The molecule has 0 aliphatic carbocycles. The van der Waals surface area contributed by atoms with Crippen molar-refractivity contribution in [3.63, 3.8) is 0 Å². The molecule has 0 amide bonds. The second-order valence-corrected chi connectivity index (χ2v) is 6.95. The molecule has 2 aromatic carbocycles. The van der Waals surface area contributed by atoms with Crippen LogP contribution < -0.4 is 11.1 Å². The number of benzene rings is 2. The minimum Gasteiger partial charge on any atom is -0.508 e. The molecule has 0 aliphatic rings. The van der Waals surface area contributed by atoms with Gasteiger partial charge in [-0.2, -0.15) is 5.10 Å². The standard InChI is InChI=1S/C23H26N2O3/c1-3-4-5-7-10-17-13-18-14-20(23(27)28-22(18)15-21(17)26)16(2)24-25-19-11-8-6-9-12-19/h6,8-9,11-15,25-26H,3-5,7,10H2,1-2H3/b24-16-. The molecule has 0 spiro atoms. The SMILES string of the molecule is CCCCCCc1cc2cc(/C(C)=N\Nc3ccccc3)c(=O)oc2cc1O. The van der Waals surface area contributed by atoms with Crippen LogP contribution in [0.2, 0.25) is 0 Å². The Balaban J connectivity index is 1.87. The van der Waals surface area contributed by atoms with Gasteiger partial charge < -0.3 is 9.52 Å². The topological polar surface area (TPSA) is 74.8 Å². The quantitative estimate of drug-likeness (QED) is 0.236. The second-order valence-electron chi connectivity index (χ2n) is 6.95. The first-order valence-electron chi connectivity index (χ1n) is 9.74. The maximum atomic E-state index is 12.4. The molecule has 28 heavy (non-hydrogen) atoms. The number of phenols is 1. The van der Waals surface area contributed by atoms with Crippen molar-refractivity contribution < 1.29 is 9.52 Å². The molecule has 0 bridgehead atoms. The lowest BCUT2D eigenvalue weighted by molar-refractivity contribution is 0.464.